The number of aromatic nitrogens is 1. The minimum absolute atomic E-state index is 0. The molecule has 11 heteroatoms. The van der Waals surface area contributed by atoms with Crippen molar-refractivity contribution in [1.82, 2.24) is 9.88 Å². The van der Waals surface area contributed by atoms with E-state index in [1.165, 1.54) is 11.1 Å². The molecule has 1 aromatic carbocycles. The first-order valence-corrected chi connectivity index (χ1v) is 11.4. The van der Waals surface area contributed by atoms with E-state index in [0.717, 1.165) is 12.8 Å². The quantitative estimate of drug-likeness (QED) is 0.460. The molecule has 0 spiro atoms. The summed E-state index contributed by atoms with van der Waals surface area (Å²) >= 11 is 5.87. The number of fused-ring (bicyclic) bond motifs is 1. The van der Waals surface area contributed by atoms with Crippen molar-refractivity contribution >= 4 is 64.2 Å². The second kappa shape index (κ2) is 11.1. The molecule has 1 aliphatic rings. The van der Waals surface area contributed by atoms with E-state index in [0.29, 0.717) is 34.4 Å². The third-order valence-corrected chi connectivity index (χ3v) is 6.13. The number of hydrogen-bond acceptors (Lipinski definition) is 6. The van der Waals surface area contributed by atoms with Crippen LogP contribution in [0.15, 0.2) is 40.9 Å². The Labute approximate surface area is 213 Å². The highest BCUT2D eigenvalue weighted by molar-refractivity contribution is 6.30. The minimum atomic E-state index is -0.590. The van der Waals surface area contributed by atoms with Gasteiger partial charge in [0.1, 0.15) is 17.1 Å². The van der Waals surface area contributed by atoms with Crippen LogP contribution in [0.2, 0.25) is 5.02 Å². The fourth-order valence-corrected chi connectivity index (χ4v) is 4.11. The predicted molar refractivity (Wildman–Crippen MR) is 137 cm³/mol. The molecule has 4 N–H and O–H groups in total. The summed E-state index contributed by atoms with van der Waals surface area (Å²) in [6.45, 7) is 0. The van der Waals surface area contributed by atoms with Crippen LogP contribution in [0.3, 0.4) is 0 Å². The summed E-state index contributed by atoms with van der Waals surface area (Å²) in [4.78, 5) is 44.2. The van der Waals surface area contributed by atoms with Crippen LogP contribution < -0.4 is 16.4 Å². The van der Waals surface area contributed by atoms with Crippen molar-refractivity contribution in [3.63, 3.8) is 0 Å². The number of rotatable bonds is 5. The maximum atomic E-state index is 13.1. The van der Waals surface area contributed by atoms with Gasteiger partial charge in [-0.05, 0) is 56.0 Å². The number of nitrogens with one attached hydrogen (secondary N) is 2. The molecular formula is C24H27Cl2N5O4. The molecule has 1 fully saturated rings. The van der Waals surface area contributed by atoms with Crippen molar-refractivity contribution in [2.75, 3.05) is 24.7 Å². The summed E-state index contributed by atoms with van der Waals surface area (Å²) in [5.41, 5.74) is 6.96. The van der Waals surface area contributed by atoms with E-state index in [1.54, 1.807) is 44.4 Å². The topological polar surface area (TPSA) is 131 Å². The highest BCUT2D eigenvalue weighted by Crippen LogP contribution is 2.34. The van der Waals surface area contributed by atoms with Gasteiger partial charge in [0.05, 0.1) is 5.02 Å². The predicted octanol–water partition coefficient (Wildman–Crippen LogP) is 4.31. The van der Waals surface area contributed by atoms with Crippen molar-refractivity contribution in [2.24, 2.45) is 11.7 Å². The van der Waals surface area contributed by atoms with Gasteiger partial charge in [0.25, 0.3) is 11.8 Å². The lowest BCUT2D eigenvalue weighted by Gasteiger charge is -2.25. The van der Waals surface area contributed by atoms with Crippen LogP contribution in [0.25, 0.3) is 11.0 Å². The molecule has 0 bridgehead atoms. The van der Waals surface area contributed by atoms with Crippen LogP contribution in [-0.4, -0.2) is 47.7 Å². The van der Waals surface area contributed by atoms with Crippen molar-refractivity contribution in [3.8, 4) is 0 Å². The normalized spacial score (nSPS) is 17.4. The number of amides is 3. The number of nitrogens with zero attached hydrogens (tertiary/aromatic N) is 2. The van der Waals surface area contributed by atoms with Crippen molar-refractivity contribution in [1.29, 1.82) is 0 Å². The summed E-state index contributed by atoms with van der Waals surface area (Å²) in [6.07, 6.45) is 4.28. The van der Waals surface area contributed by atoms with Gasteiger partial charge in [-0.1, -0.05) is 11.6 Å². The Morgan fingerprint density at radius 2 is 1.80 bits per heavy atom. The minimum Gasteiger partial charge on any atom is -0.449 e. The molecule has 9 nitrogen and oxygen atoms in total. The molecule has 0 atom stereocenters. The average Bonchev–Trinajstić information content (AvgIpc) is 3.18. The highest BCUT2D eigenvalue weighted by atomic mass is 35.5. The summed E-state index contributed by atoms with van der Waals surface area (Å²) in [5, 5.41) is 6.44. The summed E-state index contributed by atoms with van der Waals surface area (Å²) < 4.78 is 5.83. The molecule has 2 aromatic heterocycles. The maximum absolute atomic E-state index is 13.1. The van der Waals surface area contributed by atoms with Gasteiger partial charge in [0.15, 0.2) is 0 Å². The van der Waals surface area contributed by atoms with Gasteiger partial charge in [0.2, 0.25) is 11.7 Å². The smallest absolute Gasteiger partial charge is 0.294 e. The zero-order chi connectivity index (χ0) is 24.4. The molecule has 1 saturated carbocycles. The Hall–Kier alpha value is -3.14. The van der Waals surface area contributed by atoms with Gasteiger partial charge in [-0.25, -0.2) is 4.98 Å². The maximum Gasteiger partial charge on any atom is 0.294 e. The van der Waals surface area contributed by atoms with Gasteiger partial charge in [-0.15, -0.1) is 12.4 Å². The van der Waals surface area contributed by atoms with E-state index in [4.69, 9.17) is 21.8 Å². The molecular weight excluding hydrogens is 493 g/mol. The van der Waals surface area contributed by atoms with Gasteiger partial charge in [-0.2, -0.15) is 0 Å². The van der Waals surface area contributed by atoms with E-state index in [1.807, 2.05) is 0 Å². The number of nitrogens with two attached hydrogens (primary N) is 1. The summed E-state index contributed by atoms with van der Waals surface area (Å²) in [7, 11) is 3.30. The first-order valence-electron chi connectivity index (χ1n) is 11.0. The molecule has 186 valence electrons. The van der Waals surface area contributed by atoms with Crippen molar-refractivity contribution in [3.05, 3.63) is 52.9 Å². The lowest BCUT2D eigenvalue weighted by atomic mass is 9.86. The Balaban J connectivity index is 0.00000342. The van der Waals surface area contributed by atoms with Gasteiger partial charge < -0.3 is 25.7 Å². The van der Waals surface area contributed by atoms with Crippen LogP contribution in [0.1, 0.15) is 46.6 Å². The Morgan fingerprint density at radius 1 is 1.09 bits per heavy atom. The largest absolute Gasteiger partial charge is 0.449 e. The zero-order valence-corrected chi connectivity index (χ0v) is 20.9. The first-order chi connectivity index (χ1) is 16.2. The second-order valence-corrected chi connectivity index (χ2v) is 9.07. The lowest BCUT2D eigenvalue weighted by molar-refractivity contribution is -0.120. The number of carbonyl (C=O) groups excluding carboxylic acids is 3. The standard InChI is InChI=1S/C24H26ClN5O4.ClH/c1-30(2)24(33)14-5-9-18-17(11-14)20(29-22(31)13-3-7-16(26)8-4-13)21(34-18)23(32)28-19-10-6-15(25)12-27-19;/h5-6,9-13,16H,3-4,7-8,26H2,1-2H3,(H,29,31)(H,27,28,32);1H/t13-,16-;. The van der Waals surface area contributed by atoms with Crippen LogP contribution in [0, 0.1) is 5.92 Å². The fourth-order valence-electron chi connectivity index (χ4n) is 4.00. The third-order valence-electron chi connectivity index (χ3n) is 5.91. The molecule has 35 heavy (non-hydrogen) atoms. The van der Waals surface area contributed by atoms with Crippen molar-refractivity contribution in [2.45, 2.75) is 31.7 Å². The van der Waals surface area contributed by atoms with E-state index < -0.39 is 5.91 Å². The van der Waals surface area contributed by atoms with Crippen LogP contribution >= 0.6 is 24.0 Å². The number of halogens is 2. The summed E-state index contributed by atoms with van der Waals surface area (Å²) in [6, 6.07) is 8.10. The number of hydrogen-bond donors (Lipinski definition) is 3. The number of pyridine rings is 1. The number of benzene rings is 1. The third kappa shape index (κ3) is 5.93. The molecule has 0 aliphatic heterocycles. The molecule has 0 unspecified atom stereocenters. The lowest BCUT2D eigenvalue weighted by Crippen LogP contribution is -2.32. The van der Waals surface area contributed by atoms with E-state index >= 15 is 0 Å². The number of carbonyl (C=O) groups is 3. The van der Waals surface area contributed by atoms with E-state index in [9.17, 15) is 14.4 Å². The molecule has 4 rings (SSSR count). The van der Waals surface area contributed by atoms with Crippen LogP contribution in [0.4, 0.5) is 11.5 Å². The average molecular weight is 520 g/mol. The molecule has 3 amide bonds. The number of anilines is 2. The fraction of sp³-hybridized carbons (Fsp3) is 0.333. The Morgan fingerprint density at radius 3 is 2.43 bits per heavy atom. The van der Waals surface area contributed by atoms with Gasteiger partial charge in [0, 0.05) is 43.2 Å². The van der Waals surface area contributed by atoms with Crippen LogP contribution in [0.5, 0.6) is 0 Å². The first kappa shape index (κ1) is 26.5. The molecule has 1 aliphatic carbocycles. The van der Waals surface area contributed by atoms with Gasteiger partial charge in [-0.3, -0.25) is 14.4 Å². The van der Waals surface area contributed by atoms with Crippen molar-refractivity contribution < 1.29 is 18.8 Å². The molecule has 3 aromatic rings. The second-order valence-electron chi connectivity index (χ2n) is 8.63. The van der Waals surface area contributed by atoms with Crippen LogP contribution in [-0.2, 0) is 4.79 Å². The SMILES string of the molecule is CN(C)C(=O)c1ccc2oc(C(=O)Nc3ccc(Cl)cn3)c(NC(=O)[C@H]3CC[C@H](N)CC3)c2c1.Cl. The van der Waals surface area contributed by atoms with Gasteiger partial charge >= 0.3 is 0 Å². The Bertz CT molecular complexity index is 1230. The molecule has 0 radical (unpaired) electrons. The van der Waals surface area contributed by atoms with E-state index in [2.05, 4.69) is 15.6 Å². The zero-order valence-electron chi connectivity index (χ0n) is 19.3. The monoisotopic (exact) mass is 519 g/mol. The number of furan rings is 1. The highest BCUT2D eigenvalue weighted by Gasteiger charge is 2.29. The Kier molecular flexibility index (Phi) is 8.37. The van der Waals surface area contributed by atoms with E-state index in [-0.39, 0.29) is 53.4 Å². The molecule has 0 saturated heterocycles. The summed E-state index contributed by atoms with van der Waals surface area (Å²) in [5.74, 6) is -1.03. The molecule has 2 heterocycles.